The molecule has 0 fully saturated rings. The number of aliphatic hydroxyl groups is 1. The minimum absolute atomic E-state index is 0.449. The number of aliphatic hydroxyl groups excluding tert-OH is 1. The lowest BCUT2D eigenvalue weighted by molar-refractivity contribution is -0.133. The number of nitrogens with one attached hydrogen (secondary N) is 1. The SMILES string of the molecule is CN(CCCc1nccn1C)C(=O)C(CO)NC(=O)O. The molecule has 2 amide bonds. The molecule has 1 aromatic heterocycles. The molecular weight excluding hydrogens is 264 g/mol. The predicted molar refractivity (Wildman–Crippen MR) is 71.2 cm³/mol. The molecule has 0 aromatic carbocycles. The molecule has 0 aliphatic carbocycles. The molecule has 0 spiro atoms. The number of amides is 2. The lowest BCUT2D eigenvalue weighted by Gasteiger charge is -2.22. The Kier molecular flexibility index (Phi) is 5.98. The minimum Gasteiger partial charge on any atom is -0.465 e. The van der Waals surface area contributed by atoms with Crippen molar-refractivity contribution in [1.82, 2.24) is 19.8 Å². The van der Waals surface area contributed by atoms with Crippen molar-refractivity contribution in [2.45, 2.75) is 18.9 Å². The predicted octanol–water partition coefficient (Wildman–Crippen LogP) is -0.560. The van der Waals surface area contributed by atoms with Gasteiger partial charge in [-0.25, -0.2) is 9.78 Å². The van der Waals surface area contributed by atoms with Crippen LogP contribution in [0.4, 0.5) is 4.79 Å². The Hall–Kier alpha value is -2.09. The summed E-state index contributed by atoms with van der Waals surface area (Å²) in [7, 11) is 3.47. The molecule has 0 radical (unpaired) electrons. The van der Waals surface area contributed by atoms with Gasteiger partial charge in [0.1, 0.15) is 11.9 Å². The summed E-state index contributed by atoms with van der Waals surface area (Å²) in [6.45, 7) is -0.0989. The van der Waals surface area contributed by atoms with Crippen LogP contribution in [-0.2, 0) is 18.3 Å². The summed E-state index contributed by atoms with van der Waals surface area (Å²) >= 11 is 0. The third-order valence-electron chi connectivity index (χ3n) is 2.97. The highest BCUT2D eigenvalue weighted by molar-refractivity contribution is 5.85. The molecule has 1 heterocycles. The first-order chi connectivity index (χ1) is 9.45. The fraction of sp³-hybridized carbons (Fsp3) is 0.583. The summed E-state index contributed by atoms with van der Waals surface area (Å²) in [6, 6.07) is -1.12. The molecule has 0 aliphatic rings. The Morgan fingerprint density at radius 1 is 1.55 bits per heavy atom. The highest BCUT2D eigenvalue weighted by Gasteiger charge is 2.22. The molecule has 0 saturated carbocycles. The molecule has 1 aromatic rings. The fourth-order valence-corrected chi connectivity index (χ4v) is 1.82. The number of carbonyl (C=O) groups excluding carboxylic acids is 1. The first-order valence-electron chi connectivity index (χ1n) is 6.27. The zero-order valence-electron chi connectivity index (χ0n) is 11.6. The maximum atomic E-state index is 11.9. The largest absolute Gasteiger partial charge is 0.465 e. The summed E-state index contributed by atoms with van der Waals surface area (Å²) in [5, 5.41) is 19.6. The van der Waals surface area contributed by atoms with Crippen LogP contribution in [0.2, 0.25) is 0 Å². The third kappa shape index (κ3) is 4.54. The van der Waals surface area contributed by atoms with Crippen LogP contribution in [0.5, 0.6) is 0 Å². The van der Waals surface area contributed by atoms with E-state index in [1.165, 1.54) is 4.90 Å². The Morgan fingerprint density at radius 2 is 2.25 bits per heavy atom. The average molecular weight is 284 g/mol. The van der Waals surface area contributed by atoms with Gasteiger partial charge in [-0.1, -0.05) is 0 Å². The lowest BCUT2D eigenvalue weighted by atomic mass is 10.2. The second-order valence-electron chi connectivity index (χ2n) is 4.50. The Balaban J connectivity index is 2.41. The summed E-state index contributed by atoms with van der Waals surface area (Å²) in [5.41, 5.74) is 0. The van der Waals surface area contributed by atoms with E-state index in [-0.39, 0.29) is 0 Å². The number of hydrogen-bond donors (Lipinski definition) is 3. The van der Waals surface area contributed by atoms with Gasteiger partial charge < -0.3 is 25.0 Å². The molecule has 112 valence electrons. The van der Waals surface area contributed by atoms with Gasteiger partial charge in [0.15, 0.2) is 0 Å². The minimum atomic E-state index is -1.33. The number of likely N-dealkylation sites (N-methyl/N-ethyl adjacent to an activating group) is 1. The van der Waals surface area contributed by atoms with Crippen molar-refractivity contribution in [1.29, 1.82) is 0 Å². The van der Waals surface area contributed by atoms with Crippen molar-refractivity contribution in [3.05, 3.63) is 18.2 Å². The number of imidazole rings is 1. The number of aromatic nitrogens is 2. The number of carbonyl (C=O) groups is 2. The van der Waals surface area contributed by atoms with Crippen molar-refractivity contribution < 1.29 is 19.8 Å². The standard InChI is InChI=1S/C12H20N4O4/c1-15-7-5-13-10(15)4-3-6-16(2)11(18)9(8-17)14-12(19)20/h5,7,9,14,17H,3-4,6,8H2,1-2H3,(H,19,20). The van der Waals surface area contributed by atoms with Gasteiger partial charge in [0.25, 0.3) is 0 Å². The summed E-state index contributed by atoms with van der Waals surface area (Å²) in [6.07, 6.45) is 3.65. The Morgan fingerprint density at radius 3 is 2.75 bits per heavy atom. The van der Waals surface area contributed by atoms with E-state index < -0.39 is 24.6 Å². The first kappa shape index (κ1) is 16.0. The molecular formula is C12H20N4O4. The van der Waals surface area contributed by atoms with E-state index in [1.807, 2.05) is 23.1 Å². The van der Waals surface area contributed by atoms with Gasteiger partial charge in [0, 0.05) is 39.5 Å². The quantitative estimate of drug-likeness (QED) is 0.622. The third-order valence-corrected chi connectivity index (χ3v) is 2.97. The maximum absolute atomic E-state index is 11.9. The van der Waals surface area contributed by atoms with Crippen molar-refractivity contribution in [2.24, 2.45) is 7.05 Å². The Labute approximate surface area is 117 Å². The van der Waals surface area contributed by atoms with Crippen molar-refractivity contribution in [2.75, 3.05) is 20.2 Å². The average Bonchev–Trinajstić information content (AvgIpc) is 2.80. The second-order valence-corrected chi connectivity index (χ2v) is 4.50. The van der Waals surface area contributed by atoms with E-state index in [0.717, 1.165) is 12.2 Å². The van der Waals surface area contributed by atoms with Gasteiger partial charge in [-0.3, -0.25) is 4.79 Å². The molecule has 1 unspecified atom stereocenters. The molecule has 1 atom stereocenters. The van der Waals surface area contributed by atoms with Gasteiger partial charge >= 0.3 is 6.09 Å². The van der Waals surface area contributed by atoms with E-state index in [4.69, 9.17) is 10.2 Å². The van der Waals surface area contributed by atoms with E-state index in [2.05, 4.69) is 4.98 Å². The van der Waals surface area contributed by atoms with Crippen molar-refractivity contribution >= 4 is 12.0 Å². The summed E-state index contributed by atoms with van der Waals surface area (Å²) in [5.74, 6) is 0.475. The molecule has 20 heavy (non-hydrogen) atoms. The van der Waals surface area contributed by atoms with Crippen LogP contribution >= 0.6 is 0 Å². The van der Waals surface area contributed by atoms with Gasteiger partial charge in [-0.2, -0.15) is 0 Å². The van der Waals surface area contributed by atoms with Crippen LogP contribution in [-0.4, -0.2) is 62.9 Å². The fourth-order valence-electron chi connectivity index (χ4n) is 1.82. The normalized spacial score (nSPS) is 11.9. The van der Waals surface area contributed by atoms with Gasteiger partial charge in [0.2, 0.25) is 5.91 Å². The number of carboxylic acid groups (broad SMARTS) is 1. The molecule has 8 heteroatoms. The highest BCUT2D eigenvalue weighted by atomic mass is 16.4. The van der Waals surface area contributed by atoms with Crippen molar-refractivity contribution in [3.8, 4) is 0 Å². The van der Waals surface area contributed by atoms with E-state index >= 15 is 0 Å². The van der Waals surface area contributed by atoms with Gasteiger partial charge in [-0.15, -0.1) is 0 Å². The summed E-state index contributed by atoms with van der Waals surface area (Å²) < 4.78 is 1.91. The molecule has 8 nitrogen and oxygen atoms in total. The molecule has 1 rings (SSSR count). The number of rotatable bonds is 7. The molecule has 0 saturated heterocycles. The first-order valence-corrected chi connectivity index (χ1v) is 6.27. The van der Waals surface area contributed by atoms with Gasteiger partial charge in [0.05, 0.1) is 6.61 Å². The van der Waals surface area contributed by atoms with E-state index in [0.29, 0.717) is 13.0 Å². The lowest BCUT2D eigenvalue weighted by Crippen LogP contribution is -2.49. The monoisotopic (exact) mass is 284 g/mol. The smallest absolute Gasteiger partial charge is 0.405 e. The molecule has 3 N–H and O–H groups in total. The summed E-state index contributed by atoms with van der Waals surface area (Å²) in [4.78, 5) is 28.0. The number of aryl methyl sites for hydroxylation is 2. The zero-order valence-corrected chi connectivity index (χ0v) is 11.6. The van der Waals surface area contributed by atoms with Crippen molar-refractivity contribution in [3.63, 3.8) is 0 Å². The Bertz CT molecular complexity index is 460. The topological polar surface area (TPSA) is 108 Å². The van der Waals surface area contributed by atoms with E-state index in [1.54, 1.807) is 13.2 Å². The zero-order chi connectivity index (χ0) is 15.1. The number of nitrogens with zero attached hydrogens (tertiary/aromatic N) is 3. The van der Waals surface area contributed by atoms with E-state index in [9.17, 15) is 9.59 Å². The van der Waals surface area contributed by atoms with Crippen LogP contribution in [0.3, 0.4) is 0 Å². The van der Waals surface area contributed by atoms with Crippen LogP contribution in [0.1, 0.15) is 12.2 Å². The maximum Gasteiger partial charge on any atom is 0.405 e. The van der Waals surface area contributed by atoms with Gasteiger partial charge in [-0.05, 0) is 6.42 Å². The number of hydrogen-bond acceptors (Lipinski definition) is 4. The molecule has 0 aliphatic heterocycles. The van der Waals surface area contributed by atoms with Crippen LogP contribution in [0, 0.1) is 0 Å². The molecule has 0 bridgehead atoms. The van der Waals surface area contributed by atoms with Crippen LogP contribution in [0.25, 0.3) is 0 Å². The second kappa shape index (κ2) is 7.49. The van der Waals surface area contributed by atoms with Crippen LogP contribution in [0.15, 0.2) is 12.4 Å². The highest BCUT2D eigenvalue weighted by Crippen LogP contribution is 2.01. The van der Waals surface area contributed by atoms with Crippen LogP contribution < -0.4 is 5.32 Å².